The lowest BCUT2D eigenvalue weighted by molar-refractivity contribution is -0.0395. The Hall–Kier alpha value is -2.22. The summed E-state index contributed by atoms with van der Waals surface area (Å²) in [5.41, 5.74) is -0.135. The van der Waals surface area contributed by atoms with Crippen molar-refractivity contribution < 1.29 is 14.4 Å². The van der Waals surface area contributed by atoms with Gasteiger partial charge in [0.1, 0.15) is 5.60 Å². The van der Waals surface area contributed by atoms with Gasteiger partial charge in [0, 0.05) is 24.7 Å². The maximum absolute atomic E-state index is 12.6. The molecule has 1 amide bonds. The molecule has 4 rings (SSSR count). The second kappa shape index (κ2) is 5.45. The predicted octanol–water partition coefficient (Wildman–Crippen LogP) is 0.811. The molecule has 1 N–H and O–H groups in total. The molecule has 122 valence electrons. The van der Waals surface area contributed by atoms with Crippen molar-refractivity contribution >= 4 is 5.91 Å². The van der Waals surface area contributed by atoms with E-state index in [-0.39, 0.29) is 18.2 Å². The number of aliphatic hydroxyl groups is 1. The summed E-state index contributed by atoms with van der Waals surface area (Å²) in [4.78, 5) is 14.2. The first-order chi connectivity index (χ1) is 11.1. The molecule has 1 aliphatic heterocycles. The summed E-state index contributed by atoms with van der Waals surface area (Å²) in [5, 5.41) is 22.4. The van der Waals surface area contributed by atoms with E-state index in [1.54, 1.807) is 28.0 Å². The standard InChI is InChI=1S/C15H19N5O3/c21-14(13-8-12(17-23-13)11-2-3-11)19-6-1-4-15(22,9-19)10-20-7-5-16-18-20/h5,7-8,11,22H,1-4,6,9-10H2. The van der Waals surface area contributed by atoms with Crippen LogP contribution in [0.3, 0.4) is 0 Å². The molecule has 0 bridgehead atoms. The number of likely N-dealkylation sites (tertiary alicyclic amines) is 1. The Kier molecular flexibility index (Phi) is 3.41. The lowest BCUT2D eigenvalue weighted by atomic mass is 9.92. The molecule has 2 aliphatic rings. The molecular weight excluding hydrogens is 298 g/mol. The molecule has 8 heteroatoms. The molecule has 1 saturated carbocycles. The zero-order valence-corrected chi connectivity index (χ0v) is 12.8. The molecular formula is C15H19N5O3. The van der Waals surface area contributed by atoms with Crippen LogP contribution in [-0.2, 0) is 6.54 Å². The maximum atomic E-state index is 12.6. The van der Waals surface area contributed by atoms with Crippen LogP contribution in [0.1, 0.15) is 47.8 Å². The van der Waals surface area contributed by atoms with Gasteiger partial charge in [-0.3, -0.25) is 4.79 Å². The SMILES string of the molecule is O=C(c1cc(C2CC2)no1)N1CCCC(O)(Cn2ccnn2)C1. The fourth-order valence-electron chi connectivity index (χ4n) is 3.15. The van der Waals surface area contributed by atoms with Gasteiger partial charge in [-0.05, 0) is 25.7 Å². The third-order valence-corrected chi connectivity index (χ3v) is 4.51. The molecule has 1 atom stereocenters. The van der Waals surface area contributed by atoms with Gasteiger partial charge in [-0.2, -0.15) is 0 Å². The van der Waals surface area contributed by atoms with Crippen LogP contribution >= 0.6 is 0 Å². The van der Waals surface area contributed by atoms with Crippen LogP contribution in [-0.4, -0.2) is 54.8 Å². The minimum Gasteiger partial charge on any atom is -0.386 e. The highest BCUT2D eigenvalue weighted by Gasteiger charge is 2.37. The molecule has 2 aromatic rings. The van der Waals surface area contributed by atoms with Crippen molar-refractivity contribution in [2.45, 2.75) is 43.7 Å². The van der Waals surface area contributed by atoms with Crippen LogP contribution in [0.4, 0.5) is 0 Å². The molecule has 0 aromatic carbocycles. The molecule has 1 aliphatic carbocycles. The normalized spacial score (nSPS) is 24.8. The third-order valence-electron chi connectivity index (χ3n) is 4.51. The van der Waals surface area contributed by atoms with Gasteiger partial charge >= 0.3 is 0 Å². The summed E-state index contributed by atoms with van der Waals surface area (Å²) in [7, 11) is 0. The van der Waals surface area contributed by atoms with E-state index in [2.05, 4.69) is 15.5 Å². The molecule has 1 unspecified atom stereocenters. The van der Waals surface area contributed by atoms with E-state index in [1.807, 2.05) is 0 Å². The fraction of sp³-hybridized carbons (Fsp3) is 0.600. The van der Waals surface area contributed by atoms with Crippen molar-refractivity contribution in [3.63, 3.8) is 0 Å². The molecule has 3 heterocycles. The van der Waals surface area contributed by atoms with Gasteiger partial charge in [-0.25, -0.2) is 4.68 Å². The highest BCUT2D eigenvalue weighted by Crippen LogP contribution is 2.39. The number of nitrogens with zero attached hydrogens (tertiary/aromatic N) is 5. The summed E-state index contributed by atoms with van der Waals surface area (Å²) in [6.45, 7) is 1.18. The first kappa shape index (κ1) is 14.4. The smallest absolute Gasteiger partial charge is 0.292 e. The van der Waals surface area contributed by atoms with Gasteiger partial charge in [0.25, 0.3) is 5.91 Å². The summed E-state index contributed by atoms with van der Waals surface area (Å²) < 4.78 is 6.80. The second-order valence-corrected chi connectivity index (χ2v) is 6.55. The van der Waals surface area contributed by atoms with Gasteiger partial charge in [0.2, 0.25) is 5.76 Å². The first-order valence-corrected chi connectivity index (χ1v) is 7.95. The van der Waals surface area contributed by atoms with E-state index in [4.69, 9.17) is 4.52 Å². The second-order valence-electron chi connectivity index (χ2n) is 6.55. The highest BCUT2D eigenvalue weighted by atomic mass is 16.5. The van der Waals surface area contributed by atoms with Gasteiger partial charge < -0.3 is 14.5 Å². The topological polar surface area (TPSA) is 97.3 Å². The Labute approximate surface area is 133 Å². The van der Waals surface area contributed by atoms with Crippen LogP contribution in [0.25, 0.3) is 0 Å². The Morgan fingerprint density at radius 3 is 3.09 bits per heavy atom. The van der Waals surface area contributed by atoms with Crippen molar-refractivity contribution in [2.75, 3.05) is 13.1 Å². The molecule has 2 aromatic heterocycles. The Morgan fingerprint density at radius 1 is 1.48 bits per heavy atom. The third kappa shape index (κ3) is 2.98. The Morgan fingerprint density at radius 2 is 2.35 bits per heavy atom. The first-order valence-electron chi connectivity index (χ1n) is 7.95. The number of aromatic nitrogens is 4. The van der Waals surface area contributed by atoms with Crippen LogP contribution in [0, 0.1) is 0 Å². The van der Waals surface area contributed by atoms with E-state index < -0.39 is 5.60 Å². The number of piperidine rings is 1. The zero-order valence-electron chi connectivity index (χ0n) is 12.8. The number of amides is 1. The number of rotatable bonds is 4. The molecule has 8 nitrogen and oxygen atoms in total. The van der Waals surface area contributed by atoms with Gasteiger partial charge in [0.05, 0.1) is 25.0 Å². The molecule has 2 fully saturated rings. The van der Waals surface area contributed by atoms with E-state index >= 15 is 0 Å². The van der Waals surface area contributed by atoms with Gasteiger partial charge in [0.15, 0.2) is 0 Å². The Balaban J connectivity index is 1.46. The lowest BCUT2D eigenvalue weighted by Crippen LogP contribution is -2.52. The van der Waals surface area contributed by atoms with Crippen molar-refractivity contribution in [1.29, 1.82) is 0 Å². The molecule has 0 spiro atoms. The average molecular weight is 317 g/mol. The Bertz CT molecular complexity index is 694. The number of hydrogen-bond donors (Lipinski definition) is 1. The van der Waals surface area contributed by atoms with E-state index in [0.717, 1.165) is 25.0 Å². The number of hydrogen-bond acceptors (Lipinski definition) is 6. The van der Waals surface area contributed by atoms with Crippen molar-refractivity contribution in [3.8, 4) is 0 Å². The highest BCUT2D eigenvalue weighted by molar-refractivity contribution is 5.91. The number of carbonyl (C=O) groups excluding carboxylic acids is 1. The lowest BCUT2D eigenvalue weighted by Gasteiger charge is -2.38. The number of β-amino-alcohol motifs (C(OH)–C–C–N with tert-alkyl or cyclic N) is 1. The minimum absolute atomic E-state index is 0.207. The summed E-state index contributed by atoms with van der Waals surface area (Å²) in [6, 6.07) is 1.74. The summed E-state index contributed by atoms with van der Waals surface area (Å²) in [5.74, 6) is 0.504. The quantitative estimate of drug-likeness (QED) is 0.896. The zero-order chi connectivity index (χ0) is 15.9. The van der Waals surface area contributed by atoms with Crippen LogP contribution in [0.5, 0.6) is 0 Å². The largest absolute Gasteiger partial charge is 0.386 e. The van der Waals surface area contributed by atoms with Crippen LogP contribution < -0.4 is 0 Å². The molecule has 1 saturated heterocycles. The minimum atomic E-state index is -0.999. The van der Waals surface area contributed by atoms with E-state index in [0.29, 0.717) is 25.4 Å². The van der Waals surface area contributed by atoms with E-state index in [1.165, 1.54) is 0 Å². The van der Waals surface area contributed by atoms with Gasteiger partial charge in [-0.1, -0.05) is 10.4 Å². The summed E-state index contributed by atoms with van der Waals surface area (Å²) >= 11 is 0. The fourth-order valence-corrected chi connectivity index (χ4v) is 3.15. The average Bonchev–Trinajstić information content (AvgIpc) is 3.06. The van der Waals surface area contributed by atoms with E-state index in [9.17, 15) is 9.90 Å². The van der Waals surface area contributed by atoms with Crippen molar-refractivity contribution in [1.82, 2.24) is 25.1 Å². The molecule has 23 heavy (non-hydrogen) atoms. The van der Waals surface area contributed by atoms with Crippen molar-refractivity contribution in [3.05, 3.63) is 29.9 Å². The predicted molar refractivity (Wildman–Crippen MR) is 78.6 cm³/mol. The number of carbonyl (C=O) groups is 1. The maximum Gasteiger partial charge on any atom is 0.292 e. The molecule has 0 radical (unpaired) electrons. The van der Waals surface area contributed by atoms with Crippen LogP contribution in [0.2, 0.25) is 0 Å². The van der Waals surface area contributed by atoms with Crippen molar-refractivity contribution in [2.24, 2.45) is 0 Å². The van der Waals surface area contributed by atoms with Gasteiger partial charge in [-0.15, -0.1) is 5.10 Å². The van der Waals surface area contributed by atoms with Crippen LogP contribution in [0.15, 0.2) is 23.0 Å². The monoisotopic (exact) mass is 317 g/mol. The summed E-state index contributed by atoms with van der Waals surface area (Å²) in [6.07, 6.45) is 6.87.